The minimum Gasteiger partial charge on any atom is -0.504 e. The summed E-state index contributed by atoms with van der Waals surface area (Å²) in [5, 5.41) is 22.3. The van der Waals surface area contributed by atoms with Crippen LogP contribution in [0, 0.1) is 11.3 Å². The first kappa shape index (κ1) is 17.3. The number of likely N-dealkylation sites (N-methyl/N-ethyl adjacent to an activating group) is 1. The van der Waals surface area contributed by atoms with E-state index in [1.165, 1.54) is 0 Å². The molecule has 0 spiro atoms. The molecule has 0 aliphatic carbocycles. The summed E-state index contributed by atoms with van der Waals surface area (Å²) in [6.07, 6.45) is 0. The maximum atomic E-state index is 9.70. The fourth-order valence-electron chi connectivity index (χ4n) is 2.13. The van der Waals surface area contributed by atoms with E-state index in [0.717, 1.165) is 31.7 Å². The van der Waals surface area contributed by atoms with Gasteiger partial charge in [-0.2, -0.15) is 5.26 Å². The monoisotopic (exact) mass is 291 g/mol. The van der Waals surface area contributed by atoms with Gasteiger partial charge < -0.3 is 14.7 Å². The molecule has 0 bridgehead atoms. The van der Waals surface area contributed by atoms with Crippen LogP contribution in [0.1, 0.15) is 32.4 Å². The van der Waals surface area contributed by atoms with Gasteiger partial charge in [-0.1, -0.05) is 19.9 Å². The number of phenols is 1. The molecule has 0 aliphatic rings. The van der Waals surface area contributed by atoms with Crippen molar-refractivity contribution in [1.82, 2.24) is 10.2 Å². The third-order valence-electron chi connectivity index (χ3n) is 3.42. The summed E-state index contributed by atoms with van der Waals surface area (Å²) in [4.78, 5) is 2.30. The van der Waals surface area contributed by atoms with Crippen molar-refractivity contribution in [1.29, 1.82) is 5.26 Å². The smallest absolute Gasteiger partial charge is 0.161 e. The number of aromatic hydroxyl groups is 1. The van der Waals surface area contributed by atoms with Crippen LogP contribution in [0.4, 0.5) is 0 Å². The number of nitrogens with zero attached hydrogens (tertiary/aromatic N) is 2. The summed E-state index contributed by atoms with van der Waals surface area (Å²) in [6, 6.07) is 6.88. The van der Waals surface area contributed by atoms with Crippen LogP contribution in [0.2, 0.25) is 0 Å². The van der Waals surface area contributed by atoms with Gasteiger partial charge in [-0.15, -0.1) is 0 Å². The first-order valence-electron chi connectivity index (χ1n) is 7.47. The van der Waals surface area contributed by atoms with Gasteiger partial charge in [0.1, 0.15) is 6.04 Å². The van der Waals surface area contributed by atoms with Gasteiger partial charge >= 0.3 is 0 Å². The molecule has 0 fully saturated rings. The second-order valence-electron chi connectivity index (χ2n) is 4.70. The lowest BCUT2D eigenvalue weighted by Gasteiger charge is -2.20. The minimum atomic E-state index is -0.402. The van der Waals surface area contributed by atoms with Gasteiger partial charge in [-0.05, 0) is 37.7 Å². The fourth-order valence-corrected chi connectivity index (χ4v) is 2.13. The van der Waals surface area contributed by atoms with E-state index in [1.807, 2.05) is 6.92 Å². The van der Waals surface area contributed by atoms with Crippen molar-refractivity contribution in [3.8, 4) is 17.6 Å². The summed E-state index contributed by atoms with van der Waals surface area (Å²) in [5.74, 6) is 0.515. The van der Waals surface area contributed by atoms with Crippen LogP contribution in [0.15, 0.2) is 18.2 Å². The van der Waals surface area contributed by atoms with Crippen molar-refractivity contribution in [2.75, 3.05) is 32.8 Å². The van der Waals surface area contributed by atoms with Crippen molar-refractivity contribution in [2.45, 2.75) is 26.8 Å². The Kier molecular flexibility index (Phi) is 7.59. The Hall–Kier alpha value is -1.77. The van der Waals surface area contributed by atoms with E-state index >= 15 is 0 Å². The highest BCUT2D eigenvalue weighted by atomic mass is 16.5. The molecular weight excluding hydrogens is 266 g/mol. The molecule has 0 aromatic heterocycles. The average molecular weight is 291 g/mol. The average Bonchev–Trinajstić information content (AvgIpc) is 2.50. The molecule has 0 saturated carbocycles. The number of nitriles is 1. The number of hydrogen-bond donors (Lipinski definition) is 2. The molecule has 1 aromatic rings. The van der Waals surface area contributed by atoms with Gasteiger partial charge in [0.2, 0.25) is 0 Å². The lowest BCUT2D eigenvalue weighted by atomic mass is 10.1. The highest BCUT2D eigenvalue weighted by Gasteiger charge is 2.13. The maximum absolute atomic E-state index is 9.70. The van der Waals surface area contributed by atoms with E-state index in [-0.39, 0.29) is 5.75 Å². The van der Waals surface area contributed by atoms with Gasteiger partial charge in [0, 0.05) is 13.1 Å². The molecule has 5 heteroatoms. The summed E-state index contributed by atoms with van der Waals surface area (Å²) in [5.41, 5.74) is 0.804. The van der Waals surface area contributed by atoms with Crippen molar-refractivity contribution < 1.29 is 9.84 Å². The molecule has 5 nitrogen and oxygen atoms in total. The van der Waals surface area contributed by atoms with Crippen LogP contribution in [-0.4, -0.2) is 42.8 Å². The Morgan fingerprint density at radius 2 is 2.05 bits per heavy atom. The molecular formula is C16H25N3O2. The van der Waals surface area contributed by atoms with Gasteiger partial charge in [-0.25, -0.2) is 0 Å². The molecule has 1 aromatic carbocycles. The molecule has 0 heterocycles. The molecule has 0 saturated heterocycles. The van der Waals surface area contributed by atoms with Crippen LogP contribution >= 0.6 is 0 Å². The van der Waals surface area contributed by atoms with Crippen LogP contribution in [-0.2, 0) is 0 Å². The number of nitrogens with one attached hydrogen (secondary N) is 1. The first-order valence-corrected chi connectivity index (χ1v) is 7.47. The van der Waals surface area contributed by atoms with Crippen LogP contribution in [0.25, 0.3) is 0 Å². The summed E-state index contributed by atoms with van der Waals surface area (Å²) in [7, 11) is 0. The highest BCUT2D eigenvalue weighted by Crippen LogP contribution is 2.29. The Bertz CT molecular complexity index is 467. The standard InChI is InChI=1S/C16H25N3O2/c1-4-19(5-2)10-9-18-14(12-17)13-7-8-15(20)16(11-13)21-6-3/h7-8,11,14,18,20H,4-6,9-10H2,1-3H3. The molecule has 116 valence electrons. The van der Waals surface area contributed by atoms with Gasteiger partial charge in [0.25, 0.3) is 0 Å². The molecule has 0 amide bonds. The van der Waals surface area contributed by atoms with E-state index in [4.69, 9.17) is 4.74 Å². The molecule has 1 unspecified atom stereocenters. The van der Waals surface area contributed by atoms with Crippen LogP contribution < -0.4 is 10.1 Å². The quantitative estimate of drug-likeness (QED) is 0.730. The second kappa shape index (κ2) is 9.22. The molecule has 0 aliphatic heterocycles. The van der Waals surface area contributed by atoms with E-state index in [1.54, 1.807) is 18.2 Å². The third-order valence-corrected chi connectivity index (χ3v) is 3.42. The summed E-state index contributed by atoms with van der Waals surface area (Å²) < 4.78 is 5.35. The number of rotatable bonds is 9. The second-order valence-corrected chi connectivity index (χ2v) is 4.70. The Labute approximate surface area is 127 Å². The predicted molar refractivity (Wildman–Crippen MR) is 83.4 cm³/mol. The Morgan fingerprint density at radius 1 is 1.33 bits per heavy atom. The fraction of sp³-hybridized carbons (Fsp3) is 0.562. The minimum absolute atomic E-state index is 0.0976. The normalized spacial score (nSPS) is 12.1. The van der Waals surface area contributed by atoms with Crippen LogP contribution in [0.3, 0.4) is 0 Å². The number of hydrogen-bond acceptors (Lipinski definition) is 5. The molecule has 21 heavy (non-hydrogen) atoms. The largest absolute Gasteiger partial charge is 0.504 e. The lowest BCUT2D eigenvalue weighted by molar-refractivity contribution is 0.299. The van der Waals surface area contributed by atoms with Gasteiger partial charge in [0.15, 0.2) is 11.5 Å². The zero-order valence-electron chi connectivity index (χ0n) is 13.1. The summed E-state index contributed by atoms with van der Waals surface area (Å²) in [6.45, 7) is 10.2. The van der Waals surface area contributed by atoms with Crippen molar-refractivity contribution in [3.05, 3.63) is 23.8 Å². The third kappa shape index (κ3) is 5.25. The number of ether oxygens (including phenoxy) is 1. The van der Waals surface area contributed by atoms with E-state index in [2.05, 4.69) is 30.1 Å². The van der Waals surface area contributed by atoms with Crippen LogP contribution in [0.5, 0.6) is 11.5 Å². The zero-order chi connectivity index (χ0) is 15.7. The zero-order valence-corrected chi connectivity index (χ0v) is 13.1. The molecule has 1 rings (SSSR count). The highest BCUT2D eigenvalue weighted by molar-refractivity contribution is 5.43. The molecule has 1 atom stereocenters. The lowest BCUT2D eigenvalue weighted by Crippen LogP contribution is -2.33. The Morgan fingerprint density at radius 3 is 2.62 bits per heavy atom. The Balaban J connectivity index is 2.68. The van der Waals surface area contributed by atoms with Gasteiger partial charge in [0.05, 0.1) is 12.7 Å². The van der Waals surface area contributed by atoms with Crippen molar-refractivity contribution in [2.24, 2.45) is 0 Å². The molecule has 0 radical (unpaired) electrons. The van der Waals surface area contributed by atoms with Gasteiger partial charge in [-0.3, -0.25) is 5.32 Å². The number of phenolic OH excluding ortho intramolecular Hbond substituents is 1. The molecule has 2 N–H and O–H groups in total. The van der Waals surface area contributed by atoms with E-state index in [9.17, 15) is 10.4 Å². The number of benzene rings is 1. The van der Waals surface area contributed by atoms with E-state index < -0.39 is 6.04 Å². The predicted octanol–water partition coefficient (Wildman–Crippen LogP) is 2.29. The van der Waals surface area contributed by atoms with Crippen molar-refractivity contribution >= 4 is 0 Å². The first-order chi connectivity index (χ1) is 10.2. The maximum Gasteiger partial charge on any atom is 0.161 e. The summed E-state index contributed by atoms with van der Waals surface area (Å²) >= 11 is 0. The SMILES string of the molecule is CCOc1cc(C(C#N)NCCN(CC)CC)ccc1O. The topological polar surface area (TPSA) is 68.5 Å². The van der Waals surface area contributed by atoms with Crippen molar-refractivity contribution in [3.63, 3.8) is 0 Å². The van der Waals surface area contributed by atoms with E-state index in [0.29, 0.717) is 12.4 Å².